The van der Waals surface area contributed by atoms with Gasteiger partial charge in [-0.1, -0.05) is 42.0 Å². The summed E-state index contributed by atoms with van der Waals surface area (Å²) in [7, 11) is 0. The molecule has 1 N–H and O–H groups in total. The number of nitrogens with one attached hydrogen (secondary N) is 1. The number of hydrogen-bond acceptors (Lipinski definition) is 3. The Kier molecular flexibility index (Phi) is 4.63. The van der Waals surface area contributed by atoms with Crippen LogP contribution in [-0.4, -0.2) is 10.9 Å². The van der Waals surface area contributed by atoms with E-state index in [-0.39, 0.29) is 11.3 Å². The second kappa shape index (κ2) is 7.23. The largest absolute Gasteiger partial charge is 0.489 e. The smallest absolute Gasteiger partial charge is 0.235 e. The minimum Gasteiger partial charge on any atom is -0.489 e. The van der Waals surface area contributed by atoms with Crippen molar-refractivity contribution in [1.29, 1.82) is 0 Å². The Hall–Kier alpha value is -3.14. The third kappa shape index (κ3) is 3.85. The van der Waals surface area contributed by atoms with Gasteiger partial charge in [0.1, 0.15) is 12.4 Å². The maximum Gasteiger partial charge on any atom is 0.235 e. The van der Waals surface area contributed by atoms with Gasteiger partial charge >= 0.3 is 0 Å². The molecule has 0 radical (unpaired) electrons. The molecule has 4 rings (SSSR count). The van der Waals surface area contributed by atoms with E-state index in [0.717, 1.165) is 35.4 Å². The van der Waals surface area contributed by atoms with E-state index in [1.165, 1.54) is 5.56 Å². The Morgan fingerprint density at radius 1 is 1.11 bits per heavy atom. The molecule has 1 aromatic heterocycles. The summed E-state index contributed by atoms with van der Waals surface area (Å²) in [6.07, 6.45) is 5.30. The molecule has 0 saturated heterocycles. The van der Waals surface area contributed by atoms with Gasteiger partial charge in [-0.05, 0) is 43.5 Å². The molecule has 0 unspecified atom stereocenters. The van der Waals surface area contributed by atoms with E-state index < -0.39 is 0 Å². The number of anilines is 1. The Morgan fingerprint density at radius 3 is 2.63 bits per heavy atom. The summed E-state index contributed by atoms with van der Waals surface area (Å²) in [5.41, 5.74) is 3.66. The lowest BCUT2D eigenvalue weighted by molar-refractivity contribution is -0.118. The number of carbonyl (C=O) groups excluding carboxylic acids is 1. The average Bonchev–Trinajstić information content (AvgIpc) is 3.50. The van der Waals surface area contributed by atoms with Gasteiger partial charge in [0.2, 0.25) is 5.91 Å². The first kappa shape index (κ1) is 17.3. The fourth-order valence-corrected chi connectivity index (χ4v) is 3.21. The topological polar surface area (TPSA) is 51.2 Å². The van der Waals surface area contributed by atoms with Crippen molar-refractivity contribution < 1.29 is 9.53 Å². The standard InChI is InChI=1S/C23H22N2O2/c1-17-7-9-19(10-8-17)23(11-12-23)22(26)25-20-5-2-6-21(14-20)27-16-18-4-3-13-24-15-18/h2-10,13-15H,11-12,16H2,1H3,(H,25,26). The van der Waals surface area contributed by atoms with E-state index in [9.17, 15) is 4.79 Å². The van der Waals surface area contributed by atoms with Crippen LogP contribution in [0.1, 0.15) is 29.5 Å². The number of hydrogen-bond donors (Lipinski definition) is 1. The van der Waals surface area contributed by atoms with Gasteiger partial charge in [-0.3, -0.25) is 9.78 Å². The van der Waals surface area contributed by atoms with Crippen molar-refractivity contribution in [2.75, 3.05) is 5.32 Å². The molecule has 1 aliphatic rings. The molecule has 1 aliphatic carbocycles. The third-order valence-electron chi connectivity index (χ3n) is 5.01. The molecule has 0 bridgehead atoms. The predicted octanol–water partition coefficient (Wildman–Crippen LogP) is 4.64. The van der Waals surface area contributed by atoms with Crippen LogP contribution in [0.4, 0.5) is 5.69 Å². The Bertz CT molecular complexity index is 932. The molecular formula is C23H22N2O2. The maximum atomic E-state index is 12.9. The summed E-state index contributed by atoms with van der Waals surface area (Å²) >= 11 is 0. The SMILES string of the molecule is Cc1ccc(C2(C(=O)Nc3cccc(OCc4cccnc4)c3)CC2)cc1. The molecule has 4 heteroatoms. The molecule has 0 spiro atoms. The van der Waals surface area contributed by atoms with Crippen LogP contribution in [0.5, 0.6) is 5.75 Å². The Labute approximate surface area is 159 Å². The molecule has 4 nitrogen and oxygen atoms in total. The highest BCUT2D eigenvalue weighted by Gasteiger charge is 2.51. The predicted molar refractivity (Wildman–Crippen MR) is 106 cm³/mol. The van der Waals surface area contributed by atoms with Crippen LogP contribution in [0.15, 0.2) is 73.1 Å². The monoisotopic (exact) mass is 358 g/mol. The van der Waals surface area contributed by atoms with Gasteiger partial charge in [-0.15, -0.1) is 0 Å². The zero-order chi connectivity index (χ0) is 18.7. The first-order valence-corrected chi connectivity index (χ1v) is 9.16. The molecule has 0 atom stereocenters. The highest BCUT2D eigenvalue weighted by molar-refractivity contribution is 6.01. The number of nitrogens with zero attached hydrogens (tertiary/aromatic N) is 1. The molecule has 27 heavy (non-hydrogen) atoms. The second-order valence-corrected chi connectivity index (χ2v) is 7.08. The van der Waals surface area contributed by atoms with Crippen LogP contribution in [0.2, 0.25) is 0 Å². The van der Waals surface area contributed by atoms with Gasteiger partial charge in [0.25, 0.3) is 0 Å². The number of pyridine rings is 1. The van der Waals surface area contributed by atoms with Crippen LogP contribution in [0, 0.1) is 6.92 Å². The van der Waals surface area contributed by atoms with E-state index in [1.54, 1.807) is 12.4 Å². The van der Waals surface area contributed by atoms with Gasteiger partial charge in [0.05, 0.1) is 5.41 Å². The molecule has 136 valence electrons. The van der Waals surface area contributed by atoms with Gasteiger partial charge in [0.15, 0.2) is 0 Å². The van der Waals surface area contributed by atoms with E-state index in [1.807, 2.05) is 36.4 Å². The summed E-state index contributed by atoms with van der Waals surface area (Å²) in [6, 6.07) is 19.6. The fraction of sp³-hybridized carbons (Fsp3) is 0.217. The third-order valence-corrected chi connectivity index (χ3v) is 5.01. The van der Waals surface area contributed by atoms with Crippen LogP contribution >= 0.6 is 0 Å². The quantitative estimate of drug-likeness (QED) is 0.698. The molecule has 1 amide bonds. The van der Waals surface area contributed by atoms with Crippen LogP contribution in [0.3, 0.4) is 0 Å². The molecular weight excluding hydrogens is 336 g/mol. The number of aryl methyl sites for hydroxylation is 1. The van der Waals surface area contributed by atoms with Gasteiger partial charge < -0.3 is 10.1 Å². The van der Waals surface area contributed by atoms with Crippen LogP contribution in [-0.2, 0) is 16.8 Å². The average molecular weight is 358 g/mol. The van der Waals surface area contributed by atoms with Gasteiger partial charge in [-0.25, -0.2) is 0 Å². The van der Waals surface area contributed by atoms with Gasteiger partial charge in [0, 0.05) is 29.7 Å². The minimum absolute atomic E-state index is 0.0516. The van der Waals surface area contributed by atoms with Crippen molar-refractivity contribution in [3.05, 3.63) is 89.7 Å². The molecule has 1 heterocycles. The van der Waals surface area contributed by atoms with Crippen LogP contribution in [0.25, 0.3) is 0 Å². The highest BCUT2D eigenvalue weighted by Crippen LogP contribution is 2.49. The van der Waals surface area contributed by atoms with E-state index in [4.69, 9.17) is 4.74 Å². The number of amides is 1. The van der Waals surface area contributed by atoms with Crippen molar-refractivity contribution in [2.24, 2.45) is 0 Å². The Morgan fingerprint density at radius 2 is 1.93 bits per heavy atom. The zero-order valence-corrected chi connectivity index (χ0v) is 15.3. The summed E-state index contributed by atoms with van der Waals surface area (Å²) < 4.78 is 5.82. The van der Waals surface area contributed by atoms with Crippen molar-refractivity contribution in [2.45, 2.75) is 31.8 Å². The number of rotatable bonds is 6. The number of carbonyl (C=O) groups is 1. The summed E-state index contributed by atoms with van der Waals surface area (Å²) in [4.78, 5) is 17.0. The van der Waals surface area contributed by atoms with Crippen molar-refractivity contribution in [3.63, 3.8) is 0 Å². The Balaban J connectivity index is 1.43. The van der Waals surface area contributed by atoms with E-state index >= 15 is 0 Å². The lowest BCUT2D eigenvalue weighted by Crippen LogP contribution is -2.27. The number of ether oxygens (including phenoxy) is 1. The van der Waals surface area contributed by atoms with Gasteiger partial charge in [-0.2, -0.15) is 0 Å². The number of aromatic nitrogens is 1. The summed E-state index contributed by atoms with van der Waals surface area (Å²) in [5.74, 6) is 0.771. The molecule has 1 saturated carbocycles. The fourth-order valence-electron chi connectivity index (χ4n) is 3.21. The molecule has 3 aromatic rings. The molecule has 2 aromatic carbocycles. The molecule has 0 aliphatic heterocycles. The number of benzene rings is 2. The lowest BCUT2D eigenvalue weighted by Gasteiger charge is -2.16. The van der Waals surface area contributed by atoms with Crippen LogP contribution < -0.4 is 10.1 Å². The van der Waals surface area contributed by atoms with Crippen molar-refractivity contribution in [3.8, 4) is 5.75 Å². The summed E-state index contributed by atoms with van der Waals surface area (Å²) in [6.45, 7) is 2.50. The normalized spacial score (nSPS) is 14.4. The van der Waals surface area contributed by atoms with E-state index in [2.05, 4.69) is 41.5 Å². The van der Waals surface area contributed by atoms with Crippen molar-refractivity contribution >= 4 is 11.6 Å². The summed E-state index contributed by atoms with van der Waals surface area (Å²) in [5, 5.41) is 3.07. The minimum atomic E-state index is -0.389. The highest BCUT2D eigenvalue weighted by atomic mass is 16.5. The van der Waals surface area contributed by atoms with E-state index in [0.29, 0.717) is 6.61 Å². The van der Waals surface area contributed by atoms with Crippen molar-refractivity contribution in [1.82, 2.24) is 4.98 Å². The second-order valence-electron chi connectivity index (χ2n) is 7.08. The lowest BCUT2D eigenvalue weighted by atomic mass is 9.94. The molecule has 1 fully saturated rings. The maximum absolute atomic E-state index is 12.9. The first-order valence-electron chi connectivity index (χ1n) is 9.16. The zero-order valence-electron chi connectivity index (χ0n) is 15.3. The first-order chi connectivity index (χ1) is 13.2.